The quantitative estimate of drug-likeness (QED) is 0.409. The first-order chi connectivity index (χ1) is 15.5. The molecule has 1 fully saturated rings. The standard InChI is InChI=1S/C26H28N4OS/c1-17-6-5-7-23(18(17)2)29-12-14-30(15-13-29)25-24-22(16-32-26(24)28-19(3)27-25)20-8-10-21(31-4)11-9-20/h5-11,16H,12-15H2,1-4H3. The van der Waals surface area contributed by atoms with E-state index in [1.807, 2.05) is 19.1 Å². The molecule has 0 amide bonds. The summed E-state index contributed by atoms with van der Waals surface area (Å²) in [5, 5.41) is 3.36. The number of rotatable bonds is 4. The number of hydrogen-bond acceptors (Lipinski definition) is 6. The molecule has 1 aliphatic rings. The molecule has 5 rings (SSSR count). The minimum atomic E-state index is 0.826. The van der Waals surface area contributed by atoms with Gasteiger partial charge in [0.15, 0.2) is 0 Å². The molecule has 0 atom stereocenters. The molecule has 1 saturated heterocycles. The summed E-state index contributed by atoms with van der Waals surface area (Å²) in [4.78, 5) is 15.6. The Hall–Kier alpha value is -3.12. The number of thiophene rings is 1. The van der Waals surface area contributed by atoms with Gasteiger partial charge in [-0.25, -0.2) is 9.97 Å². The third-order valence-corrected chi connectivity index (χ3v) is 7.30. The number of anilines is 2. The topological polar surface area (TPSA) is 41.5 Å². The van der Waals surface area contributed by atoms with Crippen molar-refractivity contribution in [1.82, 2.24) is 9.97 Å². The largest absolute Gasteiger partial charge is 0.497 e. The number of fused-ring (bicyclic) bond motifs is 1. The lowest BCUT2D eigenvalue weighted by molar-refractivity contribution is 0.415. The van der Waals surface area contributed by atoms with Crippen LogP contribution < -0.4 is 14.5 Å². The maximum absolute atomic E-state index is 5.34. The molecule has 32 heavy (non-hydrogen) atoms. The zero-order chi connectivity index (χ0) is 22.2. The van der Waals surface area contributed by atoms with E-state index in [9.17, 15) is 0 Å². The third kappa shape index (κ3) is 3.69. The zero-order valence-electron chi connectivity index (χ0n) is 19.1. The highest BCUT2D eigenvalue weighted by molar-refractivity contribution is 7.17. The Morgan fingerprint density at radius 1 is 0.875 bits per heavy atom. The third-order valence-electron chi connectivity index (χ3n) is 6.42. The Labute approximate surface area is 193 Å². The van der Waals surface area contributed by atoms with E-state index in [4.69, 9.17) is 14.7 Å². The second-order valence-corrected chi connectivity index (χ2v) is 9.20. The average Bonchev–Trinajstić information content (AvgIpc) is 3.24. The van der Waals surface area contributed by atoms with E-state index in [2.05, 4.69) is 59.4 Å². The van der Waals surface area contributed by atoms with E-state index in [1.54, 1.807) is 18.4 Å². The Morgan fingerprint density at radius 3 is 2.31 bits per heavy atom. The van der Waals surface area contributed by atoms with Crippen molar-refractivity contribution in [2.75, 3.05) is 43.1 Å². The Morgan fingerprint density at radius 2 is 1.59 bits per heavy atom. The number of hydrogen-bond donors (Lipinski definition) is 0. The fourth-order valence-electron chi connectivity index (χ4n) is 4.48. The molecule has 0 unspecified atom stereocenters. The number of methoxy groups -OCH3 is 1. The van der Waals surface area contributed by atoms with Crippen LogP contribution in [0.1, 0.15) is 17.0 Å². The van der Waals surface area contributed by atoms with Crippen LogP contribution in [0.3, 0.4) is 0 Å². The summed E-state index contributed by atoms with van der Waals surface area (Å²) in [7, 11) is 1.70. The summed E-state index contributed by atoms with van der Waals surface area (Å²) in [6.45, 7) is 10.2. The van der Waals surface area contributed by atoms with Crippen LogP contribution in [0.15, 0.2) is 47.8 Å². The van der Waals surface area contributed by atoms with E-state index >= 15 is 0 Å². The minimum Gasteiger partial charge on any atom is -0.497 e. The Kier molecular flexibility index (Phi) is 5.47. The first-order valence-corrected chi connectivity index (χ1v) is 11.9. The number of benzene rings is 2. The summed E-state index contributed by atoms with van der Waals surface area (Å²) in [6.07, 6.45) is 0. The van der Waals surface area contributed by atoms with Crippen LogP contribution in [-0.2, 0) is 0 Å². The smallest absolute Gasteiger partial charge is 0.141 e. The van der Waals surface area contributed by atoms with Crippen LogP contribution in [-0.4, -0.2) is 43.3 Å². The van der Waals surface area contributed by atoms with Gasteiger partial charge in [0.05, 0.1) is 12.5 Å². The second kappa shape index (κ2) is 8.43. The molecule has 0 spiro atoms. The van der Waals surface area contributed by atoms with Gasteiger partial charge in [0, 0.05) is 42.8 Å². The molecule has 4 aromatic rings. The van der Waals surface area contributed by atoms with Gasteiger partial charge in [-0.2, -0.15) is 0 Å². The highest BCUT2D eigenvalue weighted by Gasteiger charge is 2.24. The van der Waals surface area contributed by atoms with Gasteiger partial charge in [0.1, 0.15) is 22.2 Å². The van der Waals surface area contributed by atoms with Crippen molar-refractivity contribution in [2.45, 2.75) is 20.8 Å². The number of nitrogens with zero attached hydrogens (tertiary/aromatic N) is 4. The van der Waals surface area contributed by atoms with Crippen LogP contribution in [0, 0.1) is 20.8 Å². The summed E-state index contributed by atoms with van der Waals surface area (Å²) in [5.74, 6) is 2.75. The van der Waals surface area contributed by atoms with Crippen LogP contribution in [0.25, 0.3) is 21.3 Å². The summed E-state index contributed by atoms with van der Waals surface area (Å²) < 4.78 is 5.34. The van der Waals surface area contributed by atoms with Crippen molar-refractivity contribution in [3.63, 3.8) is 0 Å². The van der Waals surface area contributed by atoms with Gasteiger partial charge in [-0.05, 0) is 55.7 Å². The highest BCUT2D eigenvalue weighted by Crippen LogP contribution is 2.39. The van der Waals surface area contributed by atoms with Crippen LogP contribution in [0.2, 0.25) is 0 Å². The van der Waals surface area contributed by atoms with Crippen molar-refractivity contribution >= 4 is 33.1 Å². The molecular formula is C26H28N4OS. The predicted octanol–water partition coefficient (Wildman–Crippen LogP) is 5.62. The van der Waals surface area contributed by atoms with E-state index in [-0.39, 0.29) is 0 Å². The van der Waals surface area contributed by atoms with Crippen molar-refractivity contribution in [1.29, 1.82) is 0 Å². The molecule has 3 heterocycles. The Bertz CT molecular complexity index is 1260. The van der Waals surface area contributed by atoms with Gasteiger partial charge in [-0.1, -0.05) is 24.3 Å². The van der Waals surface area contributed by atoms with Crippen molar-refractivity contribution < 1.29 is 4.74 Å². The van der Waals surface area contributed by atoms with Crippen LogP contribution >= 0.6 is 11.3 Å². The molecule has 2 aromatic carbocycles. The number of aryl methyl sites for hydroxylation is 2. The molecule has 0 N–H and O–H groups in total. The van der Waals surface area contributed by atoms with E-state index in [0.717, 1.165) is 53.8 Å². The lowest BCUT2D eigenvalue weighted by Gasteiger charge is -2.38. The van der Waals surface area contributed by atoms with Crippen molar-refractivity contribution in [3.05, 3.63) is 64.8 Å². The predicted molar refractivity (Wildman–Crippen MR) is 134 cm³/mol. The maximum Gasteiger partial charge on any atom is 0.141 e. The van der Waals surface area contributed by atoms with Gasteiger partial charge in [0.25, 0.3) is 0 Å². The summed E-state index contributed by atoms with van der Waals surface area (Å²) in [6, 6.07) is 14.8. The van der Waals surface area contributed by atoms with E-state index in [0.29, 0.717) is 0 Å². The normalized spacial score (nSPS) is 14.2. The lowest BCUT2D eigenvalue weighted by Crippen LogP contribution is -2.47. The molecule has 6 heteroatoms. The van der Waals surface area contributed by atoms with E-state index in [1.165, 1.54) is 27.9 Å². The second-order valence-electron chi connectivity index (χ2n) is 8.35. The molecule has 0 bridgehead atoms. The SMILES string of the molecule is COc1ccc(-c2csc3nc(C)nc(N4CCN(c5cccc(C)c5C)CC4)c23)cc1. The monoisotopic (exact) mass is 444 g/mol. The molecular weight excluding hydrogens is 416 g/mol. The first-order valence-electron chi connectivity index (χ1n) is 11.0. The minimum absolute atomic E-state index is 0.826. The van der Waals surface area contributed by atoms with Crippen molar-refractivity contribution in [3.8, 4) is 16.9 Å². The molecule has 0 aliphatic carbocycles. The van der Waals surface area contributed by atoms with Crippen LogP contribution in [0.5, 0.6) is 5.75 Å². The number of aromatic nitrogens is 2. The molecule has 2 aromatic heterocycles. The van der Waals surface area contributed by atoms with Crippen LogP contribution in [0.4, 0.5) is 11.5 Å². The lowest BCUT2D eigenvalue weighted by atomic mass is 10.0. The fraction of sp³-hybridized carbons (Fsp3) is 0.308. The average molecular weight is 445 g/mol. The van der Waals surface area contributed by atoms with Gasteiger partial charge >= 0.3 is 0 Å². The molecule has 0 saturated carbocycles. The van der Waals surface area contributed by atoms with Crippen molar-refractivity contribution in [2.24, 2.45) is 0 Å². The fourth-order valence-corrected chi connectivity index (χ4v) is 5.46. The van der Waals surface area contributed by atoms with Gasteiger partial charge in [-0.3, -0.25) is 0 Å². The Balaban J connectivity index is 1.48. The first kappa shape index (κ1) is 20.8. The summed E-state index contributed by atoms with van der Waals surface area (Å²) >= 11 is 1.69. The molecule has 5 nitrogen and oxygen atoms in total. The highest BCUT2D eigenvalue weighted by atomic mass is 32.1. The number of piperazine rings is 1. The molecule has 0 radical (unpaired) electrons. The van der Waals surface area contributed by atoms with Gasteiger partial charge < -0.3 is 14.5 Å². The summed E-state index contributed by atoms with van der Waals surface area (Å²) in [5.41, 5.74) is 6.43. The maximum atomic E-state index is 5.34. The zero-order valence-corrected chi connectivity index (χ0v) is 19.9. The number of ether oxygens (including phenoxy) is 1. The van der Waals surface area contributed by atoms with E-state index < -0.39 is 0 Å². The molecule has 1 aliphatic heterocycles. The van der Waals surface area contributed by atoms with Gasteiger partial charge in [-0.15, -0.1) is 11.3 Å². The van der Waals surface area contributed by atoms with Gasteiger partial charge in [0.2, 0.25) is 0 Å². The molecule has 164 valence electrons.